The summed E-state index contributed by atoms with van der Waals surface area (Å²) >= 11 is 0. The zero-order valence-electron chi connectivity index (χ0n) is 34.5. The van der Waals surface area contributed by atoms with Gasteiger partial charge in [-0.15, -0.1) is 0 Å². The molecule has 0 saturated carbocycles. The number of benzene rings is 2. The Labute approximate surface area is 411 Å². The van der Waals surface area contributed by atoms with Gasteiger partial charge < -0.3 is 37.4 Å². The van der Waals surface area contributed by atoms with Crippen molar-refractivity contribution in [2.75, 3.05) is 0 Å². The van der Waals surface area contributed by atoms with Gasteiger partial charge in [-0.3, -0.25) is 30.1 Å². The van der Waals surface area contributed by atoms with Crippen LogP contribution in [0.15, 0.2) is 155 Å². The first-order chi connectivity index (χ1) is 29.9. The average Bonchev–Trinajstić information content (AvgIpc) is 3.93. The van der Waals surface area contributed by atoms with Crippen LogP contribution in [-0.2, 0) is 35.2 Å². The molecule has 8 rings (SSSR count). The molecule has 64 heavy (non-hydrogen) atoms. The summed E-state index contributed by atoms with van der Waals surface area (Å²) in [6, 6.07) is 36.4. The zero-order valence-corrected chi connectivity index (χ0v) is 40.3. The van der Waals surface area contributed by atoms with E-state index in [1.165, 1.54) is 12.4 Å². The SMILES string of the molecule is NP(=O)([O-])Oc1ncccc1-c1cc(Cc2ccc(OCc3ccccn3)cc2)no1.NP(=O)([O-])Oc1ncccc1-c1cc(Cc2ccc(OCc3ccccn3)cc2)no1.[Na+].[Na+]. The van der Waals surface area contributed by atoms with E-state index >= 15 is 0 Å². The normalized spacial score (nSPS) is 12.4. The first-order valence-electron chi connectivity index (χ1n) is 18.6. The van der Waals surface area contributed by atoms with E-state index in [4.69, 9.17) is 38.6 Å². The molecule has 316 valence electrons. The molecule has 0 aliphatic heterocycles. The van der Waals surface area contributed by atoms with Gasteiger partial charge in [-0.2, -0.15) is 0 Å². The second kappa shape index (κ2) is 23.8. The third-order valence-corrected chi connectivity index (χ3v) is 9.32. The van der Waals surface area contributed by atoms with Crippen molar-refractivity contribution in [3.63, 3.8) is 0 Å². The molecular weight excluding hydrogens is 884 g/mol. The van der Waals surface area contributed by atoms with Crippen LogP contribution in [0.5, 0.6) is 23.3 Å². The minimum Gasteiger partial charge on any atom is -0.757 e. The predicted octanol–water partition coefficient (Wildman–Crippen LogP) is 0.223. The number of hydrogen-bond acceptors (Lipinski definition) is 16. The number of nitrogens with two attached hydrogens (primary N) is 2. The molecule has 0 aliphatic rings. The van der Waals surface area contributed by atoms with Gasteiger partial charge >= 0.3 is 59.1 Å². The van der Waals surface area contributed by atoms with Crippen molar-refractivity contribution in [3.05, 3.63) is 180 Å². The van der Waals surface area contributed by atoms with E-state index in [1.54, 1.807) is 48.8 Å². The molecule has 0 saturated heterocycles. The Morgan fingerprint density at radius 1 is 0.500 bits per heavy atom. The molecule has 0 amide bonds. The van der Waals surface area contributed by atoms with Crippen molar-refractivity contribution in [1.29, 1.82) is 0 Å². The average molecular weight is 921 g/mol. The van der Waals surface area contributed by atoms with Gasteiger partial charge in [0, 0.05) is 49.8 Å². The molecule has 6 heterocycles. The number of nitrogens with zero attached hydrogens (tertiary/aromatic N) is 6. The zero-order chi connectivity index (χ0) is 43.4. The van der Waals surface area contributed by atoms with E-state index in [0.29, 0.717) is 60.1 Å². The van der Waals surface area contributed by atoms with Gasteiger partial charge in [-0.1, -0.05) is 46.7 Å². The van der Waals surface area contributed by atoms with Gasteiger partial charge in [0.1, 0.15) is 24.7 Å². The molecule has 0 aliphatic carbocycles. The summed E-state index contributed by atoms with van der Waals surface area (Å²) in [7, 11) is -9.01. The van der Waals surface area contributed by atoms with Crippen LogP contribution in [0.3, 0.4) is 0 Å². The maximum absolute atomic E-state index is 11.3. The first kappa shape index (κ1) is 50.0. The van der Waals surface area contributed by atoms with E-state index in [9.17, 15) is 18.9 Å². The summed E-state index contributed by atoms with van der Waals surface area (Å²) in [5.41, 5.74) is 15.6. The summed E-state index contributed by atoms with van der Waals surface area (Å²) in [4.78, 5) is 38.8. The summed E-state index contributed by atoms with van der Waals surface area (Å²) in [6.07, 6.45) is 7.26. The molecular formula is C42H36N8Na2O10P2. The van der Waals surface area contributed by atoms with Crippen molar-refractivity contribution in [1.82, 2.24) is 30.2 Å². The fraction of sp³-hybridized carbons (Fsp3) is 0.0952. The maximum atomic E-state index is 11.3. The van der Waals surface area contributed by atoms with E-state index < -0.39 is 15.5 Å². The maximum Gasteiger partial charge on any atom is 1.00 e. The second-order valence-corrected chi connectivity index (χ2v) is 15.7. The van der Waals surface area contributed by atoms with E-state index in [1.807, 2.05) is 84.9 Å². The fourth-order valence-electron chi connectivity index (χ4n) is 5.69. The standard InChI is InChI=1S/2C21H19N4O5P.2Na/c2*22-31(26,27)30-21-19(5-3-11-24-21)20-13-17(25-29-20)12-15-6-8-18(9-7-15)28-14-16-4-1-2-10-23-16;;/h2*1-11,13H,12,14H2,(H3,22,26,27);;/q;;2*+1/p-2. The summed E-state index contributed by atoms with van der Waals surface area (Å²) in [5.74, 6) is 1.78. The summed E-state index contributed by atoms with van der Waals surface area (Å²) < 4.78 is 54.2. The third-order valence-electron chi connectivity index (χ3n) is 8.46. The monoisotopic (exact) mass is 920 g/mol. The van der Waals surface area contributed by atoms with Crippen molar-refractivity contribution < 1.29 is 106 Å². The van der Waals surface area contributed by atoms with Crippen LogP contribution in [0.4, 0.5) is 0 Å². The molecule has 2 unspecified atom stereocenters. The van der Waals surface area contributed by atoms with Crippen LogP contribution in [0.25, 0.3) is 22.6 Å². The molecule has 0 spiro atoms. The Hall–Kier alpha value is -5.04. The molecule has 2 aromatic carbocycles. The van der Waals surface area contributed by atoms with Gasteiger partial charge in [0.05, 0.1) is 33.9 Å². The second-order valence-electron chi connectivity index (χ2n) is 13.2. The molecule has 22 heteroatoms. The van der Waals surface area contributed by atoms with Crippen LogP contribution in [0.2, 0.25) is 0 Å². The van der Waals surface area contributed by atoms with Crippen molar-refractivity contribution in [2.24, 2.45) is 11.0 Å². The topological polar surface area (TPSA) is 273 Å². The minimum atomic E-state index is -4.50. The minimum absolute atomic E-state index is 0. The van der Waals surface area contributed by atoms with E-state index in [0.717, 1.165) is 34.0 Å². The summed E-state index contributed by atoms with van der Waals surface area (Å²) in [5, 5.41) is 8.10. The van der Waals surface area contributed by atoms with Crippen LogP contribution >= 0.6 is 15.5 Å². The Morgan fingerprint density at radius 3 is 1.25 bits per heavy atom. The number of pyridine rings is 4. The third kappa shape index (κ3) is 15.6. The van der Waals surface area contributed by atoms with Gasteiger partial charge in [-0.05, 0) is 83.9 Å². The van der Waals surface area contributed by atoms with Crippen molar-refractivity contribution >= 4 is 15.5 Å². The van der Waals surface area contributed by atoms with Gasteiger partial charge in [0.15, 0.2) is 11.5 Å². The Kier molecular flexibility index (Phi) is 18.6. The predicted molar refractivity (Wildman–Crippen MR) is 220 cm³/mol. The first-order valence-corrected chi connectivity index (χ1v) is 21.8. The number of ether oxygens (including phenoxy) is 2. The van der Waals surface area contributed by atoms with Crippen LogP contribution in [0.1, 0.15) is 33.9 Å². The van der Waals surface area contributed by atoms with Crippen LogP contribution in [-0.4, -0.2) is 30.2 Å². The number of rotatable bonds is 16. The molecule has 0 bridgehead atoms. The summed E-state index contributed by atoms with van der Waals surface area (Å²) in [6.45, 7) is 0.781. The quantitative estimate of drug-likeness (QED) is 0.0969. The van der Waals surface area contributed by atoms with Gasteiger partial charge in [-0.25, -0.2) is 9.97 Å². The molecule has 6 aromatic heterocycles. The molecule has 8 aromatic rings. The molecule has 4 N–H and O–H groups in total. The Morgan fingerprint density at radius 2 is 0.891 bits per heavy atom. The van der Waals surface area contributed by atoms with Gasteiger partial charge in [0.25, 0.3) is 15.5 Å². The largest absolute Gasteiger partial charge is 1.00 e. The Bertz CT molecular complexity index is 2590. The van der Waals surface area contributed by atoms with E-state index in [2.05, 4.69) is 30.2 Å². The van der Waals surface area contributed by atoms with Crippen LogP contribution < -0.4 is 98.4 Å². The number of hydrogen-bond donors (Lipinski definition) is 2. The fourth-order valence-corrected chi connectivity index (χ4v) is 6.47. The molecule has 0 fully saturated rings. The van der Waals surface area contributed by atoms with Crippen molar-refractivity contribution in [3.8, 4) is 45.9 Å². The number of aromatic nitrogens is 6. The van der Waals surface area contributed by atoms with Crippen molar-refractivity contribution in [2.45, 2.75) is 26.1 Å². The molecule has 18 nitrogen and oxygen atoms in total. The molecule has 2 atom stereocenters. The Balaban J connectivity index is 0.000000234. The smallest absolute Gasteiger partial charge is 0.757 e. The van der Waals surface area contributed by atoms with Gasteiger partial charge in [0.2, 0.25) is 11.8 Å². The molecule has 0 radical (unpaired) electrons. The van der Waals surface area contributed by atoms with Crippen LogP contribution in [0, 0.1) is 0 Å². The van der Waals surface area contributed by atoms with E-state index in [-0.39, 0.29) is 70.9 Å².